The van der Waals surface area contributed by atoms with Gasteiger partial charge < -0.3 is 9.88 Å². The van der Waals surface area contributed by atoms with Gasteiger partial charge in [0, 0.05) is 12.2 Å². The molecule has 0 aliphatic rings. The zero-order chi connectivity index (χ0) is 20.1. The Balaban J connectivity index is 2.42. The Labute approximate surface area is 167 Å². The van der Waals surface area contributed by atoms with Gasteiger partial charge in [0.1, 0.15) is 5.82 Å². The van der Waals surface area contributed by atoms with Crippen molar-refractivity contribution in [3.8, 4) is 0 Å². The summed E-state index contributed by atoms with van der Waals surface area (Å²) in [5.74, 6) is -0.588. The predicted octanol–water partition coefficient (Wildman–Crippen LogP) is 5.05. The fourth-order valence-electron chi connectivity index (χ4n) is 3.24. The number of aromatic nitrogens is 1. The van der Waals surface area contributed by atoms with Crippen LogP contribution in [-0.2, 0) is 6.54 Å². The molecule has 0 unspecified atom stereocenters. The number of carbonyl (C=O) groups excluding carboxylic acids is 1. The van der Waals surface area contributed by atoms with Crippen molar-refractivity contribution in [2.45, 2.75) is 59.5 Å². The minimum atomic E-state index is -0.330. The van der Waals surface area contributed by atoms with E-state index in [4.69, 9.17) is 0 Å². The van der Waals surface area contributed by atoms with Crippen LogP contribution in [0.2, 0.25) is 0 Å². The van der Waals surface area contributed by atoms with Crippen LogP contribution in [0.15, 0.2) is 33.5 Å². The Morgan fingerprint density at radius 1 is 1.30 bits per heavy atom. The number of hydrogen-bond acceptors (Lipinski definition) is 2. The minimum Gasteiger partial charge on any atom is -0.345 e. The molecule has 1 aromatic carbocycles. The summed E-state index contributed by atoms with van der Waals surface area (Å²) in [5, 5.41) is 3.00. The molecule has 1 N–H and O–H groups in total. The SMILES string of the molecule is CCCCn1c(C)c(C(=O)N[C@@H](CC)c2cccc(F)c2)c(C)c(Br)c1=O. The second-order valence-electron chi connectivity index (χ2n) is 6.70. The number of amides is 1. The first-order chi connectivity index (χ1) is 12.8. The number of nitrogens with zero attached hydrogens (tertiary/aromatic N) is 1. The topological polar surface area (TPSA) is 51.1 Å². The maximum atomic E-state index is 13.6. The van der Waals surface area contributed by atoms with Crippen LogP contribution in [0.25, 0.3) is 0 Å². The van der Waals surface area contributed by atoms with E-state index in [1.807, 2.05) is 6.92 Å². The summed E-state index contributed by atoms with van der Waals surface area (Å²) in [6.07, 6.45) is 2.44. The van der Waals surface area contributed by atoms with Crippen molar-refractivity contribution < 1.29 is 9.18 Å². The summed E-state index contributed by atoms with van der Waals surface area (Å²) >= 11 is 3.35. The van der Waals surface area contributed by atoms with E-state index in [0.29, 0.717) is 34.3 Å². The lowest BCUT2D eigenvalue weighted by Gasteiger charge is -2.21. The number of pyridine rings is 1. The van der Waals surface area contributed by atoms with Gasteiger partial charge in [0.2, 0.25) is 0 Å². The van der Waals surface area contributed by atoms with E-state index in [1.165, 1.54) is 12.1 Å². The summed E-state index contributed by atoms with van der Waals surface area (Å²) in [4.78, 5) is 25.6. The third-order valence-corrected chi connectivity index (χ3v) is 5.76. The highest BCUT2D eigenvalue weighted by atomic mass is 79.9. The molecule has 27 heavy (non-hydrogen) atoms. The molecule has 0 aliphatic heterocycles. The molecule has 0 bridgehead atoms. The van der Waals surface area contributed by atoms with Crippen molar-refractivity contribution >= 4 is 21.8 Å². The highest BCUT2D eigenvalue weighted by Crippen LogP contribution is 2.23. The highest BCUT2D eigenvalue weighted by Gasteiger charge is 2.22. The van der Waals surface area contributed by atoms with Crippen LogP contribution in [0.5, 0.6) is 0 Å². The van der Waals surface area contributed by atoms with Crippen LogP contribution >= 0.6 is 15.9 Å². The molecule has 0 saturated carbocycles. The monoisotopic (exact) mass is 436 g/mol. The van der Waals surface area contributed by atoms with Crippen molar-refractivity contribution in [1.82, 2.24) is 9.88 Å². The van der Waals surface area contributed by atoms with E-state index in [0.717, 1.165) is 18.4 Å². The zero-order valence-electron chi connectivity index (χ0n) is 16.2. The Morgan fingerprint density at radius 2 is 2.00 bits per heavy atom. The van der Waals surface area contributed by atoms with Crippen molar-refractivity contribution in [3.05, 3.63) is 67.3 Å². The normalized spacial score (nSPS) is 12.1. The second-order valence-corrected chi connectivity index (χ2v) is 7.49. The van der Waals surface area contributed by atoms with E-state index >= 15 is 0 Å². The predicted molar refractivity (Wildman–Crippen MR) is 110 cm³/mol. The number of unbranched alkanes of at least 4 members (excludes halogenated alkanes) is 1. The zero-order valence-corrected chi connectivity index (χ0v) is 17.8. The number of nitrogens with one attached hydrogen (secondary N) is 1. The van der Waals surface area contributed by atoms with Crippen molar-refractivity contribution in [1.29, 1.82) is 0 Å². The molecule has 0 spiro atoms. The van der Waals surface area contributed by atoms with Crippen LogP contribution in [0.1, 0.15) is 66.3 Å². The largest absolute Gasteiger partial charge is 0.345 e. The van der Waals surface area contributed by atoms with Crippen molar-refractivity contribution in [2.24, 2.45) is 0 Å². The Kier molecular flexibility index (Phi) is 7.36. The van der Waals surface area contributed by atoms with Crippen molar-refractivity contribution in [3.63, 3.8) is 0 Å². The standard InChI is InChI=1S/C21H26BrFN2O2/c1-5-7-11-25-14(4)18(13(3)19(22)21(25)27)20(26)24-17(6-2)15-9-8-10-16(23)12-15/h8-10,12,17H,5-7,11H2,1-4H3,(H,24,26)/t17-/m0/s1. The number of benzene rings is 1. The Hall–Kier alpha value is -1.95. The molecular weight excluding hydrogens is 411 g/mol. The van der Waals surface area contributed by atoms with E-state index in [-0.39, 0.29) is 23.3 Å². The first kappa shape index (κ1) is 21.4. The lowest BCUT2D eigenvalue weighted by molar-refractivity contribution is 0.0933. The summed E-state index contributed by atoms with van der Waals surface area (Å²) < 4.78 is 15.6. The van der Waals surface area contributed by atoms with Gasteiger partial charge in [0.15, 0.2) is 0 Å². The van der Waals surface area contributed by atoms with E-state index in [9.17, 15) is 14.0 Å². The van der Waals surface area contributed by atoms with Gasteiger partial charge in [0.25, 0.3) is 11.5 Å². The number of carbonyl (C=O) groups is 1. The maximum absolute atomic E-state index is 13.6. The lowest BCUT2D eigenvalue weighted by atomic mass is 10.0. The first-order valence-corrected chi connectivity index (χ1v) is 10.1. The van der Waals surface area contributed by atoms with Crippen LogP contribution in [-0.4, -0.2) is 10.5 Å². The van der Waals surface area contributed by atoms with Gasteiger partial charge in [-0.25, -0.2) is 4.39 Å². The Morgan fingerprint density at radius 3 is 2.59 bits per heavy atom. The van der Waals surface area contributed by atoms with Crippen LogP contribution in [0, 0.1) is 19.7 Å². The maximum Gasteiger partial charge on any atom is 0.265 e. The first-order valence-electron chi connectivity index (χ1n) is 9.27. The molecule has 1 heterocycles. The highest BCUT2D eigenvalue weighted by molar-refractivity contribution is 9.10. The number of rotatable bonds is 7. The van der Waals surface area contributed by atoms with Gasteiger partial charge in [-0.3, -0.25) is 9.59 Å². The summed E-state index contributed by atoms with van der Waals surface area (Å²) in [6, 6.07) is 5.95. The molecule has 1 aromatic heterocycles. The van der Waals surface area contributed by atoms with Crippen LogP contribution < -0.4 is 10.9 Å². The summed E-state index contributed by atoms with van der Waals surface area (Å²) in [7, 11) is 0. The fourth-order valence-corrected chi connectivity index (χ4v) is 3.65. The molecule has 0 aliphatic carbocycles. The van der Waals surface area contributed by atoms with Crippen LogP contribution in [0.3, 0.4) is 0 Å². The quantitative estimate of drug-likeness (QED) is 0.659. The number of halogens is 2. The molecule has 1 amide bonds. The Bertz CT molecular complexity index is 892. The molecule has 0 radical (unpaired) electrons. The van der Waals surface area contributed by atoms with E-state index in [2.05, 4.69) is 28.2 Å². The third kappa shape index (κ3) is 4.67. The average molecular weight is 437 g/mol. The molecular formula is C21H26BrFN2O2. The van der Waals surface area contributed by atoms with Gasteiger partial charge in [-0.2, -0.15) is 0 Å². The average Bonchev–Trinajstić information content (AvgIpc) is 2.64. The van der Waals surface area contributed by atoms with Crippen molar-refractivity contribution in [2.75, 3.05) is 0 Å². The van der Waals surface area contributed by atoms with Gasteiger partial charge in [0.05, 0.1) is 16.1 Å². The molecule has 6 heteroatoms. The van der Waals surface area contributed by atoms with Gasteiger partial charge >= 0.3 is 0 Å². The second kappa shape index (κ2) is 9.31. The minimum absolute atomic E-state index is 0.118. The summed E-state index contributed by atoms with van der Waals surface area (Å²) in [5.41, 5.74) is 2.37. The van der Waals surface area contributed by atoms with Crippen LogP contribution in [0.4, 0.5) is 4.39 Å². The van der Waals surface area contributed by atoms with Gasteiger partial charge in [-0.15, -0.1) is 0 Å². The van der Waals surface area contributed by atoms with Gasteiger partial charge in [-0.05, 0) is 65.9 Å². The molecule has 1 atom stereocenters. The molecule has 4 nitrogen and oxygen atoms in total. The lowest BCUT2D eigenvalue weighted by Crippen LogP contribution is -2.33. The van der Waals surface area contributed by atoms with E-state index < -0.39 is 0 Å². The molecule has 0 fully saturated rings. The number of hydrogen-bond donors (Lipinski definition) is 1. The molecule has 2 rings (SSSR count). The molecule has 0 saturated heterocycles. The fraction of sp³-hybridized carbons (Fsp3) is 0.429. The van der Waals surface area contributed by atoms with E-state index in [1.54, 1.807) is 30.5 Å². The molecule has 2 aromatic rings. The third-order valence-electron chi connectivity index (χ3n) is 4.83. The smallest absolute Gasteiger partial charge is 0.265 e. The molecule has 146 valence electrons. The summed E-state index contributed by atoms with van der Waals surface area (Å²) in [6.45, 7) is 8.13. The van der Waals surface area contributed by atoms with Gasteiger partial charge in [-0.1, -0.05) is 32.4 Å².